The summed E-state index contributed by atoms with van der Waals surface area (Å²) in [5.74, 6) is 2.88. The molecule has 1 N–H and O–H groups in total. The molecule has 1 aromatic carbocycles. The number of halogens is 1. The minimum absolute atomic E-state index is 0.00716. The second-order valence-electron chi connectivity index (χ2n) is 6.49. The molecule has 1 atom stereocenters. The van der Waals surface area contributed by atoms with Crippen LogP contribution in [0.1, 0.15) is 25.7 Å². The molecule has 0 spiro atoms. The topological polar surface area (TPSA) is 49.4 Å². The van der Waals surface area contributed by atoms with E-state index in [0.717, 1.165) is 23.4 Å². The van der Waals surface area contributed by atoms with E-state index in [1.165, 1.54) is 23.3 Å². The zero-order chi connectivity index (χ0) is 16.7. The van der Waals surface area contributed by atoms with Crippen molar-refractivity contribution in [2.45, 2.75) is 35.4 Å². The van der Waals surface area contributed by atoms with E-state index in [9.17, 15) is 9.59 Å². The number of amides is 2. The lowest BCUT2D eigenvalue weighted by Crippen LogP contribution is -2.53. The van der Waals surface area contributed by atoms with E-state index in [0.29, 0.717) is 30.3 Å². The molecular weight excluding hydrogens is 364 g/mol. The van der Waals surface area contributed by atoms with E-state index in [4.69, 9.17) is 11.6 Å². The van der Waals surface area contributed by atoms with E-state index in [1.807, 2.05) is 23.9 Å². The summed E-state index contributed by atoms with van der Waals surface area (Å²) in [5, 5.41) is 3.72. The van der Waals surface area contributed by atoms with E-state index in [1.54, 1.807) is 11.0 Å². The highest BCUT2D eigenvalue weighted by atomic mass is 35.5. The predicted octanol–water partition coefficient (Wildman–Crippen LogP) is 3.53. The SMILES string of the molecule is O=C1CC[C@]2(C(=O)NCC3CCSCC3)Sc3ccc(Cl)cc3N12. The Morgan fingerprint density at radius 3 is 2.96 bits per heavy atom. The molecule has 4 nitrogen and oxygen atoms in total. The van der Waals surface area contributed by atoms with Crippen molar-refractivity contribution >= 4 is 52.6 Å². The Morgan fingerprint density at radius 1 is 1.38 bits per heavy atom. The summed E-state index contributed by atoms with van der Waals surface area (Å²) < 4.78 is 0. The highest BCUT2D eigenvalue weighted by molar-refractivity contribution is 8.02. The van der Waals surface area contributed by atoms with Crippen molar-refractivity contribution in [2.24, 2.45) is 5.92 Å². The molecule has 7 heteroatoms. The van der Waals surface area contributed by atoms with Crippen LogP contribution in [0.25, 0.3) is 0 Å². The van der Waals surface area contributed by atoms with Crippen molar-refractivity contribution in [3.8, 4) is 0 Å². The maximum atomic E-state index is 13.0. The number of nitrogens with zero attached hydrogens (tertiary/aromatic N) is 1. The van der Waals surface area contributed by atoms with E-state index in [2.05, 4.69) is 5.32 Å². The number of rotatable bonds is 3. The molecule has 2 saturated heterocycles. The molecule has 1 aromatic rings. The minimum Gasteiger partial charge on any atom is -0.353 e. The third-order valence-corrected chi connectivity index (χ3v) is 7.73. The highest BCUT2D eigenvalue weighted by Gasteiger charge is 2.57. The predicted molar refractivity (Wildman–Crippen MR) is 99.8 cm³/mol. The molecule has 128 valence electrons. The minimum atomic E-state index is -0.826. The number of carbonyl (C=O) groups is 2. The van der Waals surface area contributed by atoms with Crippen LogP contribution >= 0.6 is 35.1 Å². The Bertz CT molecular complexity index is 693. The zero-order valence-electron chi connectivity index (χ0n) is 13.2. The summed E-state index contributed by atoms with van der Waals surface area (Å²) in [6.45, 7) is 0.709. The normalized spacial score (nSPS) is 26.4. The summed E-state index contributed by atoms with van der Waals surface area (Å²) in [7, 11) is 0. The number of benzene rings is 1. The van der Waals surface area contributed by atoms with Gasteiger partial charge < -0.3 is 5.32 Å². The number of fused-ring (bicyclic) bond motifs is 3. The molecule has 2 amide bonds. The van der Waals surface area contributed by atoms with Crippen LogP contribution in [0.5, 0.6) is 0 Å². The van der Waals surface area contributed by atoms with Crippen molar-refractivity contribution in [1.82, 2.24) is 5.32 Å². The lowest BCUT2D eigenvalue weighted by atomic mass is 10.0. The smallest absolute Gasteiger partial charge is 0.257 e. The fourth-order valence-electron chi connectivity index (χ4n) is 3.65. The molecule has 4 rings (SSSR count). The third-order valence-electron chi connectivity index (χ3n) is 4.98. The monoisotopic (exact) mass is 382 g/mol. The standard InChI is InChI=1S/C17H19ClN2O2S2/c18-12-1-2-14-13(9-12)20-15(21)3-6-17(20,24-14)16(22)19-10-11-4-7-23-8-5-11/h1-2,9,11H,3-8,10H2,(H,19,22)/t17-/m1/s1. The highest BCUT2D eigenvalue weighted by Crippen LogP contribution is 2.56. The second-order valence-corrected chi connectivity index (χ2v) is 9.47. The van der Waals surface area contributed by atoms with Gasteiger partial charge in [-0.2, -0.15) is 11.8 Å². The first-order chi connectivity index (χ1) is 11.6. The zero-order valence-corrected chi connectivity index (χ0v) is 15.6. The quantitative estimate of drug-likeness (QED) is 0.868. The number of thioether (sulfide) groups is 2. The largest absolute Gasteiger partial charge is 0.353 e. The van der Waals surface area contributed by atoms with Crippen molar-refractivity contribution in [3.63, 3.8) is 0 Å². The first-order valence-electron chi connectivity index (χ1n) is 8.28. The van der Waals surface area contributed by atoms with Gasteiger partial charge in [-0.05, 0) is 54.9 Å². The van der Waals surface area contributed by atoms with Gasteiger partial charge in [0, 0.05) is 22.9 Å². The molecule has 0 aliphatic carbocycles. The van der Waals surface area contributed by atoms with E-state index < -0.39 is 4.87 Å². The van der Waals surface area contributed by atoms with Crippen molar-refractivity contribution in [3.05, 3.63) is 23.2 Å². The van der Waals surface area contributed by atoms with Crippen LogP contribution in [0.15, 0.2) is 23.1 Å². The molecule has 0 radical (unpaired) electrons. The van der Waals surface area contributed by atoms with Gasteiger partial charge in [-0.1, -0.05) is 23.4 Å². The Morgan fingerprint density at radius 2 is 2.17 bits per heavy atom. The maximum absolute atomic E-state index is 13.0. The summed E-state index contributed by atoms with van der Waals surface area (Å²) in [5.41, 5.74) is 0.777. The molecule has 0 aromatic heterocycles. The van der Waals surface area contributed by atoms with Crippen molar-refractivity contribution in [1.29, 1.82) is 0 Å². The Labute approximate surface area is 155 Å². The van der Waals surface area contributed by atoms with Crippen LogP contribution < -0.4 is 10.2 Å². The molecule has 3 aliphatic heterocycles. The summed E-state index contributed by atoms with van der Waals surface area (Å²) >= 11 is 9.57. The van der Waals surface area contributed by atoms with Gasteiger partial charge in [-0.15, -0.1) is 0 Å². The Kier molecular flexibility index (Phi) is 4.47. The molecule has 3 aliphatic rings. The van der Waals surface area contributed by atoms with Crippen molar-refractivity contribution < 1.29 is 9.59 Å². The van der Waals surface area contributed by atoms with E-state index in [-0.39, 0.29) is 11.8 Å². The van der Waals surface area contributed by atoms with Gasteiger partial charge in [0.1, 0.15) is 0 Å². The van der Waals surface area contributed by atoms with Gasteiger partial charge in [0.2, 0.25) is 5.91 Å². The van der Waals surface area contributed by atoms with Gasteiger partial charge in [0.25, 0.3) is 5.91 Å². The lowest BCUT2D eigenvalue weighted by molar-refractivity contribution is -0.125. The van der Waals surface area contributed by atoms with Gasteiger partial charge in [-0.3, -0.25) is 14.5 Å². The fraction of sp³-hybridized carbons (Fsp3) is 0.529. The van der Waals surface area contributed by atoms with Crippen LogP contribution in [-0.4, -0.2) is 34.7 Å². The van der Waals surface area contributed by atoms with Crippen LogP contribution in [-0.2, 0) is 9.59 Å². The molecule has 0 bridgehead atoms. The van der Waals surface area contributed by atoms with Gasteiger partial charge in [-0.25, -0.2) is 0 Å². The Balaban J connectivity index is 1.55. The second kappa shape index (κ2) is 6.46. The third kappa shape index (κ3) is 2.72. The first-order valence-corrected chi connectivity index (χ1v) is 10.6. The summed E-state index contributed by atoms with van der Waals surface area (Å²) in [6.07, 6.45) is 3.27. The fourth-order valence-corrected chi connectivity index (χ4v) is 6.43. The number of nitrogens with one attached hydrogen (secondary N) is 1. The Hall–Kier alpha value is -0.850. The van der Waals surface area contributed by atoms with E-state index >= 15 is 0 Å². The number of anilines is 1. The van der Waals surface area contributed by atoms with Crippen LogP contribution in [0.3, 0.4) is 0 Å². The summed E-state index contributed by atoms with van der Waals surface area (Å²) in [4.78, 5) is 27.3. The molecule has 2 fully saturated rings. The van der Waals surface area contributed by atoms with Crippen LogP contribution in [0.2, 0.25) is 5.02 Å². The molecular formula is C17H19ClN2O2S2. The average molecular weight is 383 g/mol. The summed E-state index contributed by atoms with van der Waals surface area (Å²) in [6, 6.07) is 5.51. The number of hydrogen-bond acceptors (Lipinski definition) is 4. The maximum Gasteiger partial charge on any atom is 0.257 e. The molecule has 0 unspecified atom stereocenters. The van der Waals surface area contributed by atoms with Gasteiger partial charge >= 0.3 is 0 Å². The lowest BCUT2D eigenvalue weighted by Gasteiger charge is -2.31. The van der Waals surface area contributed by atoms with Crippen LogP contribution in [0, 0.1) is 5.92 Å². The van der Waals surface area contributed by atoms with Crippen LogP contribution in [0.4, 0.5) is 5.69 Å². The molecule has 3 heterocycles. The van der Waals surface area contributed by atoms with Gasteiger partial charge in [0.15, 0.2) is 4.87 Å². The molecule has 0 saturated carbocycles. The molecule has 24 heavy (non-hydrogen) atoms. The number of hydrogen-bond donors (Lipinski definition) is 1. The van der Waals surface area contributed by atoms with Gasteiger partial charge in [0.05, 0.1) is 5.69 Å². The first kappa shape index (κ1) is 16.6. The number of carbonyl (C=O) groups excluding carboxylic acids is 2. The van der Waals surface area contributed by atoms with Crippen molar-refractivity contribution in [2.75, 3.05) is 23.0 Å². The average Bonchev–Trinajstić information content (AvgIpc) is 3.10.